The molecular weight excluding hydrogens is 976 g/mol. The van der Waals surface area contributed by atoms with Gasteiger partial charge in [0.2, 0.25) is 0 Å². The van der Waals surface area contributed by atoms with E-state index >= 15 is 0 Å². The molecule has 4 heterocycles. The van der Waals surface area contributed by atoms with Crippen LogP contribution in [0.25, 0.3) is 43.1 Å². The standard InChI is InChI=1S/C42H36N6.2C2H3N.Cd.2ClHO4/c1-5-13-35-31(9-1)17-21-43-39(35)27-47(28-40-36-14-6-2-10-32(36)18-22-44-40)25-26-48(29-41-37-15-7-3-11-33(37)19-23-45-41)30-42-38-16-8-4-12-34(38)20-24-46-42;2*1-2-3;;2*2-1(3,4)5/h1-24H,25-30H2;2*1H3;;2*(H,2,3,4,5)/q;;;+2;;/p-2. The first-order valence-corrected chi connectivity index (χ1v) is 21.7. The van der Waals surface area contributed by atoms with Gasteiger partial charge in [0.05, 0.1) is 34.9 Å². The number of rotatable bonds is 11. The van der Waals surface area contributed by atoms with Gasteiger partial charge in [0, 0.05) is 99.4 Å². The maximum Gasteiger partial charge on any atom is 2.00 e. The predicted octanol–water partition coefficient (Wildman–Crippen LogP) is 0.129. The Morgan fingerprint density at radius 3 is 0.785 bits per heavy atom. The second kappa shape index (κ2) is 27.2. The summed E-state index contributed by atoms with van der Waals surface area (Å²) in [5.74, 6) is 0. The van der Waals surface area contributed by atoms with E-state index in [0.29, 0.717) is 26.2 Å². The molecule has 4 aromatic heterocycles. The van der Waals surface area contributed by atoms with Crippen LogP contribution in [0.3, 0.4) is 0 Å². The van der Waals surface area contributed by atoms with E-state index in [-0.39, 0.29) is 27.3 Å². The Balaban J connectivity index is 0.000000575. The number of nitrogens with zero attached hydrogens (tertiary/aromatic N) is 8. The molecule has 330 valence electrons. The van der Waals surface area contributed by atoms with Crippen molar-refractivity contribution in [1.29, 1.82) is 10.5 Å². The van der Waals surface area contributed by atoms with Gasteiger partial charge in [-0.05, 0) is 45.8 Å². The average molecular weight is 1020 g/mol. The van der Waals surface area contributed by atoms with Crippen LogP contribution in [0, 0.1) is 43.1 Å². The maximum absolute atomic E-state index is 8.49. The van der Waals surface area contributed by atoms with E-state index < -0.39 is 20.5 Å². The zero-order chi connectivity index (χ0) is 46.5. The molecule has 19 heteroatoms. The van der Waals surface area contributed by atoms with Crippen molar-refractivity contribution in [2.24, 2.45) is 0 Å². The summed E-state index contributed by atoms with van der Waals surface area (Å²) in [6.07, 6.45) is 7.71. The molecule has 0 saturated heterocycles. The number of hydrogen-bond acceptors (Lipinski definition) is 16. The van der Waals surface area contributed by atoms with Gasteiger partial charge in [0.15, 0.2) is 0 Å². The van der Waals surface area contributed by atoms with E-state index in [4.69, 9.17) is 67.7 Å². The van der Waals surface area contributed by atoms with E-state index in [1.54, 1.807) is 12.1 Å². The number of pyridine rings is 4. The minimum atomic E-state index is -4.94. The molecule has 8 rings (SSSR count). The molecular formula is C46H42CdCl2N8O8. The van der Waals surface area contributed by atoms with Gasteiger partial charge >= 0.3 is 27.3 Å². The van der Waals surface area contributed by atoms with Gasteiger partial charge in [-0.25, -0.2) is 37.3 Å². The van der Waals surface area contributed by atoms with Crippen LogP contribution in [0.15, 0.2) is 146 Å². The average Bonchev–Trinajstić information content (AvgIpc) is 3.25. The molecule has 8 aromatic rings. The monoisotopic (exact) mass is 1020 g/mol. The first-order valence-electron chi connectivity index (χ1n) is 19.2. The first-order chi connectivity index (χ1) is 30.6. The third kappa shape index (κ3) is 18.9. The Morgan fingerprint density at radius 2 is 0.585 bits per heavy atom. The summed E-state index contributed by atoms with van der Waals surface area (Å²) in [6, 6.07) is 45.9. The van der Waals surface area contributed by atoms with Crippen LogP contribution in [-0.2, 0) is 53.5 Å². The predicted molar refractivity (Wildman–Crippen MR) is 218 cm³/mol. The fraction of sp³-hybridized carbons (Fsp3) is 0.174. The zero-order valence-corrected chi connectivity index (χ0v) is 41.0. The van der Waals surface area contributed by atoms with Crippen LogP contribution in [0.1, 0.15) is 36.6 Å². The molecule has 0 aliphatic heterocycles. The van der Waals surface area contributed by atoms with Gasteiger partial charge < -0.3 is 0 Å². The number of aromatic nitrogens is 4. The zero-order valence-electron chi connectivity index (χ0n) is 35.4. The molecule has 0 saturated carbocycles. The second-order valence-electron chi connectivity index (χ2n) is 13.5. The molecule has 0 spiro atoms. The molecule has 0 N–H and O–H groups in total. The molecule has 16 nitrogen and oxygen atoms in total. The van der Waals surface area contributed by atoms with E-state index in [2.05, 4.69) is 131 Å². The quantitative estimate of drug-likeness (QED) is 0.156. The van der Waals surface area contributed by atoms with Crippen LogP contribution in [0.2, 0.25) is 0 Å². The molecule has 0 fully saturated rings. The Kier molecular flexibility index (Phi) is 22.5. The minimum Gasteiger partial charge on any atom is -0.290 e. The minimum absolute atomic E-state index is 0. The van der Waals surface area contributed by atoms with Crippen molar-refractivity contribution in [1.82, 2.24) is 29.7 Å². The summed E-state index contributed by atoms with van der Waals surface area (Å²) >= 11 is 0. The summed E-state index contributed by atoms with van der Waals surface area (Å²) < 4.78 is 67.9. The summed E-state index contributed by atoms with van der Waals surface area (Å²) in [5, 5.41) is 24.2. The van der Waals surface area contributed by atoms with Crippen molar-refractivity contribution in [3.05, 3.63) is 169 Å². The van der Waals surface area contributed by atoms with E-state index in [1.165, 1.54) is 56.9 Å². The Morgan fingerprint density at radius 1 is 0.400 bits per heavy atom. The van der Waals surface area contributed by atoms with Crippen LogP contribution in [-0.4, -0.2) is 42.8 Å². The summed E-state index contributed by atoms with van der Waals surface area (Å²) in [6.45, 7) is 7.31. The van der Waals surface area contributed by atoms with E-state index in [0.717, 1.165) is 35.9 Å². The molecule has 0 aliphatic carbocycles. The van der Waals surface area contributed by atoms with Crippen molar-refractivity contribution in [3.63, 3.8) is 0 Å². The van der Waals surface area contributed by atoms with Crippen LogP contribution < -0.4 is 37.3 Å². The van der Waals surface area contributed by atoms with Gasteiger partial charge in [-0.1, -0.05) is 97.1 Å². The molecule has 0 aliphatic rings. The van der Waals surface area contributed by atoms with Crippen molar-refractivity contribution >= 4 is 43.1 Å². The third-order valence-corrected chi connectivity index (χ3v) is 9.25. The smallest absolute Gasteiger partial charge is 0.290 e. The summed E-state index contributed by atoms with van der Waals surface area (Å²) in [5.41, 5.74) is 4.30. The van der Waals surface area contributed by atoms with Crippen LogP contribution >= 0.6 is 0 Å². The first kappa shape index (κ1) is 53.9. The van der Waals surface area contributed by atoms with Crippen LogP contribution in [0.5, 0.6) is 0 Å². The summed E-state index contributed by atoms with van der Waals surface area (Å²) in [4.78, 5) is 24.5. The molecule has 65 heavy (non-hydrogen) atoms. The van der Waals surface area contributed by atoms with Crippen molar-refractivity contribution in [2.75, 3.05) is 13.1 Å². The number of halogens is 2. The third-order valence-electron chi connectivity index (χ3n) is 9.25. The molecule has 0 amide bonds. The van der Waals surface area contributed by atoms with Gasteiger partial charge in [-0.2, -0.15) is 10.5 Å². The largest absolute Gasteiger partial charge is 2.00 e. The number of nitriles is 2. The normalized spacial score (nSPS) is 10.8. The molecule has 0 atom stereocenters. The Hall–Kier alpha value is -5.40. The summed E-state index contributed by atoms with van der Waals surface area (Å²) in [7, 11) is -9.89. The Labute approximate surface area is 400 Å². The van der Waals surface area contributed by atoms with Crippen molar-refractivity contribution < 1.29 is 85.1 Å². The molecule has 0 bridgehead atoms. The SMILES string of the molecule is CC#N.CC#N.[Cd+2].[O-][Cl+3]([O-])([O-])[O-].[O-][Cl+3]([O-])([O-])[O-].c1ccc2c(CN(CCN(Cc3nccc4ccccc34)Cc3nccc4ccccc34)Cc3nccc4ccccc34)nccc2c1. The fourth-order valence-corrected chi connectivity index (χ4v) is 6.79. The van der Waals surface area contributed by atoms with Gasteiger partial charge in [-0.15, -0.1) is 20.5 Å². The molecule has 4 aromatic carbocycles. The van der Waals surface area contributed by atoms with Gasteiger partial charge in [0.25, 0.3) is 0 Å². The van der Waals surface area contributed by atoms with E-state index in [1.807, 2.05) is 24.8 Å². The van der Waals surface area contributed by atoms with Crippen molar-refractivity contribution in [3.8, 4) is 12.1 Å². The van der Waals surface area contributed by atoms with E-state index in [9.17, 15) is 0 Å². The number of benzene rings is 4. The Bertz CT molecular complexity index is 2420. The second-order valence-corrected chi connectivity index (χ2v) is 15.1. The maximum atomic E-state index is 8.49. The van der Waals surface area contributed by atoms with Gasteiger partial charge in [0.1, 0.15) is 0 Å². The van der Waals surface area contributed by atoms with Crippen LogP contribution in [0.4, 0.5) is 0 Å². The number of fused-ring (bicyclic) bond motifs is 4. The topological polar surface area (TPSA) is 290 Å². The van der Waals surface area contributed by atoms with Gasteiger partial charge in [-0.3, -0.25) is 29.7 Å². The van der Waals surface area contributed by atoms with Crippen molar-refractivity contribution in [2.45, 2.75) is 40.0 Å². The molecule has 0 unspecified atom stereocenters. The number of hydrogen-bond donors (Lipinski definition) is 0. The fourth-order valence-electron chi connectivity index (χ4n) is 6.79. The molecule has 0 radical (unpaired) electrons.